The summed E-state index contributed by atoms with van der Waals surface area (Å²) in [5.74, 6) is -1.27. The highest BCUT2D eigenvalue weighted by Crippen LogP contribution is 2.34. The van der Waals surface area contributed by atoms with Crippen LogP contribution >= 0.6 is 15.9 Å². The lowest BCUT2D eigenvalue weighted by molar-refractivity contribution is 0.162. The number of aliphatic hydroxyl groups excluding tert-OH is 1. The summed E-state index contributed by atoms with van der Waals surface area (Å²) in [6.07, 6.45) is -0.862. The van der Waals surface area contributed by atoms with Gasteiger partial charge in [0.15, 0.2) is 11.6 Å². The van der Waals surface area contributed by atoms with Crippen molar-refractivity contribution in [2.45, 2.75) is 19.1 Å². The quantitative estimate of drug-likeness (QED) is 0.761. The number of hydrogen-bond donors (Lipinski definition) is 3. The zero-order valence-corrected chi connectivity index (χ0v) is 9.12. The second-order valence-corrected chi connectivity index (χ2v) is 3.91. The monoisotopic (exact) mass is 263 g/mol. The van der Waals surface area contributed by atoms with Crippen LogP contribution in [0.1, 0.15) is 18.5 Å². The van der Waals surface area contributed by atoms with E-state index in [1.165, 1.54) is 13.0 Å². The van der Waals surface area contributed by atoms with Gasteiger partial charge in [0.1, 0.15) is 0 Å². The van der Waals surface area contributed by atoms with Crippen molar-refractivity contribution in [3.63, 3.8) is 0 Å². The van der Waals surface area contributed by atoms with Gasteiger partial charge in [-0.1, -0.05) is 15.9 Å². The van der Waals surface area contributed by atoms with E-state index in [4.69, 9.17) is 5.73 Å². The van der Waals surface area contributed by atoms with Gasteiger partial charge in [0.25, 0.3) is 0 Å². The number of phenols is 1. The zero-order chi connectivity index (χ0) is 10.9. The second-order valence-electron chi connectivity index (χ2n) is 3.06. The Balaban J connectivity index is 3.25. The Bertz CT molecular complexity index is 344. The summed E-state index contributed by atoms with van der Waals surface area (Å²) in [6.45, 7) is 1.47. The van der Waals surface area contributed by atoms with Gasteiger partial charge in [-0.05, 0) is 19.1 Å². The molecule has 5 heteroatoms. The molecule has 0 aliphatic heterocycles. The van der Waals surface area contributed by atoms with Gasteiger partial charge >= 0.3 is 0 Å². The largest absolute Gasteiger partial charge is 0.505 e. The molecule has 2 atom stereocenters. The van der Waals surface area contributed by atoms with Crippen molar-refractivity contribution in [2.75, 3.05) is 0 Å². The van der Waals surface area contributed by atoms with Crippen molar-refractivity contribution >= 4 is 15.9 Å². The summed E-state index contributed by atoms with van der Waals surface area (Å²) < 4.78 is 13.5. The molecular weight excluding hydrogens is 253 g/mol. The van der Waals surface area contributed by atoms with Crippen molar-refractivity contribution in [1.82, 2.24) is 0 Å². The summed E-state index contributed by atoms with van der Waals surface area (Å²) in [4.78, 5) is 0. The summed E-state index contributed by atoms with van der Waals surface area (Å²) >= 11 is 3.13. The van der Waals surface area contributed by atoms with Crippen molar-refractivity contribution in [2.24, 2.45) is 5.73 Å². The Morgan fingerprint density at radius 1 is 1.50 bits per heavy atom. The highest BCUT2D eigenvalue weighted by Gasteiger charge is 2.21. The van der Waals surface area contributed by atoms with Gasteiger partial charge in [0.2, 0.25) is 0 Å². The molecule has 0 heterocycles. The number of benzene rings is 1. The minimum absolute atomic E-state index is 0.181. The molecule has 0 aromatic heterocycles. The minimum Gasteiger partial charge on any atom is -0.505 e. The number of phenolic OH excluding ortho intramolecular Hbond substituents is 1. The van der Waals surface area contributed by atoms with E-state index >= 15 is 0 Å². The van der Waals surface area contributed by atoms with E-state index in [1.54, 1.807) is 0 Å². The fourth-order valence-corrected chi connectivity index (χ4v) is 1.70. The average molecular weight is 264 g/mol. The number of halogens is 2. The summed E-state index contributed by atoms with van der Waals surface area (Å²) in [7, 11) is 0. The molecule has 0 saturated carbocycles. The third kappa shape index (κ3) is 2.05. The molecule has 1 aromatic rings. The number of rotatable bonds is 2. The molecule has 14 heavy (non-hydrogen) atoms. The first-order valence-electron chi connectivity index (χ1n) is 4.05. The Morgan fingerprint density at radius 3 is 2.57 bits per heavy atom. The highest BCUT2D eigenvalue weighted by atomic mass is 79.9. The summed E-state index contributed by atoms with van der Waals surface area (Å²) in [6, 6.07) is 1.74. The molecule has 0 amide bonds. The van der Waals surface area contributed by atoms with E-state index in [0.29, 0.717) is 4.47 Å². The van der Waals surface area contributed by atoms with Crippen LogP contribution in [0.4, 0.5) is 4.39 Å². The molecule has 1 aromatic carbocycles. The van der Waals surface area contributed by atoms with Crippen molar-refractivity contribution in [3.8, 4) is 5.75 Å². The Morgan fingerprint density at radius 2 is 2.07 bits per heavy atom. The first-order valence-corrected chi connectivity index (χ1v) is 4.85. The van der Waals surface area contributed by atoms with Crippen LogP contribution in [0, 0.1) is 5.82 Å². The highest BCUT2D eigenvalue weighted by molar-refractivity contribution is 9.10. The fourth-order valence-electron chi connectivity index (χ4n) is 1.12. The van der Waals surface area contributed by atoms with Crippen LogP contribution in [0.5, 0.6) is 5.75 Å². The average Bonchev–Trinajstić information content (AvgIpc) is 2.12. The van der Waals surface area contributed by atoms with Crippen LogP contribution in [0.15, 0.2) is 16.6 Å². The van der Waals surface area contributed by atoms with E-state index in [0.717, 1.165) is 6.07 Å². The van der Waals surface area contributed by atoms with Crippen LogP contribution < -0.4 is 5.73 Å². The van der Waals surface area contributed by atoms with Gasteiger partial charge in [-0.2, -0.15) is 0 Å². The smallest absolute Gasteiger partial charge is 0.165 e. The zero-order valence-electron chi connectivity index (χ0n) is 7.54. The van der Waals surface area contributed by atoms with Crippen LogP contribution in [0.25, 0.3) is 0 Å². The van der Waals surface area contributed by atoms with Gasteiger partial charge < -0.3 is 15.9 Å². The first-order chi connectivity index (χ1) is 6.45. The van der Waals surface area contributed by atoms with Crippen molar-refractivity contribution < 1.29 is 14.6 Å². The molecule has 0 aliphatic carbocycles. The SMILES string of the molecule is CC(O)[C@H](N)c1c(Br)ccc(F)c1O. The van der Waals surface area contributed by atoms with E-state index in [9.17, 15) is 14.6 Å². The van der Waals surface area contributed by atoms with Crippen LogP contribution in [-0.2, 0) is 0 Å². The topological polar surface area (TPSA) is 66.5 Å². The number of aromatic hydroxyl groups is 1. The van der Waals surface area contributed by atoms with Gasteiger partial charge in [-0.3, -0.25) is 0 Å². The van der Waals surface area contributed by atoms with E-state index in [2.05, 4.69) is 15.9 Å². The molecule has 1 unspecified atom stereocenters. The summed E-state index contributed by atoms with van der Waals surface area (Å²) in [5.41, 5.74) is 5.78. The Kier molecular flexibility index (Phi) is 3.47. The lowest BCUT2D eigenvalue weighted by Gasteiger charge is -2.18. The molecular formula is C9H11BrFNO2. The van der Waals surface area contributed by atoms with E-state index < -0.39 is 23.7 Å². The van der Waals surface area contributed by atoms with Gasteiger partial charge in [-0.25, -0.2) is 4.39 Å². The number of aliphatic hydroxyl groups is 1. The Labute approximate surface area is 89.5 Å². The second kappa shape index (κ2) is 4.25. The predicted molar refractivity (Wildman–Crippen MR) is 54.4 cm³/mol. The maximum atomic E-state index is 13.0. The lowest BCUT2D eigenvalue weighted by atomic mass is 10.0. The van der Waals surface area contributed by atoms with Gasteiger partial charge in [0.05, 0.1) is 12.1 Å². The molecule has 0 bridgehead atoms. The molecule has 1 rings (SSSR count). The maximum Gasteiger partial charge on any atom is 0.165 e. The van der Waals surface area contributed by atoms with Crippen LogP contribution in [-0.4, -0.2) is 16.3 Å². The number of hydrogen-bond acceptors (Lipinski definition) is 3. The number of nitrogens with two attached hydrogens (primary N) is 1. The van der Waals surface area contributed by atoms with Crippen molar-refractivity contribution in [3.05, 3.63) is 28.0 Å². The predicted octanol–water partition coefficient (Wildman–Crippen LogP) is 1.67. The molecule has 78 valence electrons. The van der Waals surface area contributed by atoms with Gasteiger partial charge in [-0.15, -0.1) is 0 Å². The molecule has 0 aliphatic rings. The van der Waals surface area contributed by atoms with Crippen LogP contribution in [0.3, 0.4) is 0 Å². The van der Waals surface area contributed by atoms with Gasteiger partial charge in [0, 0.05) is 10.0 Å². The van der Waals surface area contributed by atoms with Crippen molar-refractivity contribution in [1.29, 1.82) is 0 Å². The fraction of sp³-hybridized carbons (Fsp3) is 0.333. The van der Waals surface area contributed by atoms with E-state index in [-0.39, 0.29) is 5.56 Å². The normalized spacial score (nSPS) is 15.2. The molecule has 4 N–H and O–H groups in total. The molecule has 0 spiro atoms. The lowest BCUT2D eigenvalue weighted by Crippen LogP contribution is -2.23. The molecule has 3 nitrogen and oxygen atoms in total. The molecule has 0 radical (unpaired) electrons. The molecule has 0 saturated heterocycles. The standard InChI is InChI=1S/C9H11BrFNO2/c1-4(13)8(12)7-5(10)2-3-6(11)9(7)14/h2-4,8,13-14H,12H2,1H3/t4?,8-/m0/s1. The first kappa shape index (κ1) is 11.4. The molecule has 0 fully saturated rings. The third-order valence-corrected chi connectivity index (χ3v) is 2.66. The summed E-state index contributed by atoms with van der Waals surface area (Å²) in [5, 5.41) is 18.6. The van der Waals surface area contributed by atoms with Crippen LogP contribution in [0.2, 0.25) is 0 Å². The maximum absolute atomic E-state index is 13.0. The third-order valence-electron chi connectivity index (χ3n) is 1.97. The van der Waals surface area contributed by atoms with E-state index in [1.807, 2.05) is 0 Å². The Hall–Kier alpha value is -0.650. The minimum atomic E-state index is -0.862.